The third-order valence-corrected chi connectivity index (χ3v) is 5.16. The van der Waals surface area contributed by atoms with E-state index in [4.69, 9.17) is 11.6 Å². The second-order valence-corrected chi connectivity index (χ2v) is 7.30. The van der Waals surface area contributed by atoms with Gasteiger partial charge in [0.15, 0.2) is 5.82 Å². The number of carbonyl (C=O) groups is 1. The van der Waals surface area contributed by atoms with Crippen LogP contribution in [0, 0.1) is 0 Å². The zero-order chi connectivity index (χ0) is 18.1. The SMILES string of the molecule is CN1CC(=O)Nc2cc(CN3CCN(c4ccc(Cl)cc4)CC3)cnc21. The number of hydrogen-bond donors (Lipinski definition) is 1. The largest absolute Gasteiger partial charge is 0.369 e. The van der Waals surface area contributed by atoms with Crippen LogP contribution in [0.3, 0.4) is 0 Å². The molecular formula is C19H22ClN5O. The van der Waals surface area contributed by atoms with Crippen molar-refractivity contribution in [2.45, 2.75) is 6.54 Å². The van der Waals surface area contributed by atoms with Gasteiger partial charge in [-0.05, 0) is 35.9 Å². The summed E-state index contributed by atoms with van der Waals surface area (Å²) in [6.07, 6.45) is 1.92. The van der Waals surface area contributed by atoms with E-state index in [9.17, 15) is 4.79 Å². The third-order valence-electron chi connectivity index (χ3n) is 4.91. The first-order chi connectivity index (χ1) is 12.6. The van der Waals surface area contributed by atoms with Gasteiger partial charge >= 0.3 is 0 Å². The first kappa shape index (κ1) is 17.1. The fourth-order valence-corrected chi connectivity index (χ4v) is 3.66. The lowest BCUT2D eigenvalue weighted by Gasteiger charge is -2.36. The van der Waals surface area contributed by atoms with Crippen LogP contribution in [0.15, 0.2) is 36.5 Å². The Hall–Kier alpha value is -2.31. The number of anilines is 3. The van der Waals surface area contributed by atoms with Crippen LogP contribution in [0.2, 0.25) is 5.02 Å². The summed E-state index contributed by atoms with van der Waals surface area (Å²) in [4.78, 5) is 22.9. The quantitative estimate of drug-likeness (QED) is 0.898. The lowest BCUT2D eigenvalue weighted by atomic mass is 10.2. The van der Waals surface area contributed by atoms with Gasteiger partial charge in [-0.25, -0.2) is 4.98 Å². The predicted molar refractivity (Wildman–Crippen MR) is 105 cm³/mol. The first-order valence-electron chi connectivity index (χ1n) is 8.81. The summed E-state index contributed by atoms with van der Waals surface area (Å²) in [5, 5.41) is 3.69. The average molecular weight is 372 g/mol. The van der Waals surface area contributed by atoms with Crippen LogP contribution in [0.5, 0.6) is 0 Å². The van der Waals surface area contributed by atoms with Crippen LogP contribution >= 0.6 is 11.6 Å². The number of piperazine rings is 1. The molecule has 3 heterocycles. The van der Waals surface area contributed by atoms with E-state index in [0.717, 1.165) is 54.8 Å². The number of rotatable bonds is 3. The number of nitrogens with zero attached hydrogens (tertiary/aromatic N) is 4. The highest BCUT2D eigenvalue weighted by Gasteiger charge is 2.22. The summed E-state index contributed by atoms with van der Waals surface area (Å²) in [6, 6.07) is 10.1. The molecule has 1 amide bonds. The van der Waals surface area contributed by atoms with Gasteiger partial charge in [-0.3, -0.25) is 9.69 Å². The van der Waals surface area contributed by atoms with Crippen molar-refractivity contribution < 1.29 is 4.79 Å². The molecule has 4 rings (SSSR count). The molecule has 1 aromatic heterocycles. The van der Waals surface area contributed by atoms with Gasteiger partial charge in [-0.15, -0.1) is 0 Å². The number of aromatic nitrogens is 1. The number of halogens is 1. The zero-order valence-electron chi connectivity index (χ0n) is 14.8. The van der Waals surface area contributed by atoms with Crippen LogP contribution in [0.1, 0.15) is 5.56 Å². The first-order valence-corrected chi connectivity index (χ1v) is 9.19. The molecule has 0 bridgehead atoms. The highest BCUT2D eigenvalue weighted by molar-refractivity contribution is 6.30. The van der Waals surface area contributed by atoms with E-state index in [1.165, 1.54) is 5.69 Å². The number of pyridine rings is 1. The number of carbonyl (C=O) groups excluding carboxylic acids is 1. The summed E-state index contributed by atoms with van der Waals surface area (Å²) < 4.78 is 0. The van der Waals surface area contributed by atoms with Crippen LogP contribution in [0.25, 0.3) is 0 Å². The van der Waals surface area contributed by atoms with Gasteiger partial charge < -0.3 is 15.1 Å². The van der Waals surface area contributed by atoms with Crippen LogP contribution in [-0.4, -0.2) is 55.6 Å². The number of hydrogen-bond acceptors (Lipinski definition) is 5. The van der Waals surface area contributed by atoms with Crippen LogP contribution < -0.4 is 15.1 Å². The van der Waals surface area contributed by atoms with Crippen molar-refractivity contribution >= 4 is 34.7 Å². The lowest BCUT2D eigenvalue weighted by Crippen LogP contribution is -2.46. The standard InChI is InChI=1S/C19H22ClN5O/c1-23-13-18(26)22-17-10-14(11-21-19(17)23)12-24-6-8-25(9-7-24)16-4-2-15(20)3-5-16/h2-5,10-11H,6-9,12-13H2,1H3,(H,22,26). The zero-order valence-corrected chi connectivity index (χ0v) is 15.5. The van der Waals surface area contributed by atoms with Crippen LogP contribution in [0.4, 0.5) is 17.2 Å². The van der Waals surface area contributed by atoms with E-state index in [1.54, 1.807) is 0 Å². The molecule has 0 atom stereocenters. The lowest BCUT2D eigenvalue weighted by molar-refractivity contribution is -0.115. The Balaban J connectivity index is 1.38. The van der Waals surface area contributed by atoms with E-state index >= 15 is 0 Å². The normalized spacial score (nSPS) is 17.8. The van der Waals surface area contributed by atoms with E-state index in [0.29, 0.717) is 6.54 Å². The van der Waals surface area contributed by atoms with Crippen molar-refractivity contribution in [3.05, 3.63) is 47.1 Å². The van der Waals surface area contributed by atoms with E-state index < -0.39 is 0 Å². The highest BCUT2D eigenvalue weighted by Crippen LogP contribution is 2.27. The molecule has 0 unspecified atom stereocenters. The number of fused-ring (bicyclic) bond motifs is 1. The maximum Gasteiger partial charge on any atom is 0.244 e. The Morgan fingerprint density at radius 1 is 1.15 bits per heavy atom. The molecule has 2 aliphatic heterocycles. The molecule has 0 radical (unpaired) electrons. The Kier molecular flexibility index (Phi) is 4.70. The van der Waals surface area contributed by atoms with Crippen molar-refractivity contribution in [2.24, 2.45) is 0 Å². The molecule has 0 spiro atoms. The molecule has 0 aliphatic carbocycles. The highest BCUT2D eigenvalue weighted by atomic mass is 35.5. The molecule has 0 saturated carbocycles. The van der Waals surface area contributed by atoms with Gasteiger partial charge in [0.05, 0.1) is 12.2 Å². The van der Waals surface area contributed by atoms with Crippen LogP contribution in [-0.2, 0) is 11.3 Å². The van der Waals surface area contributed by atoms with Crippen molar-refractivity contribution in [2.75, 3.05) is 54.9 Å². The Morgan fingerprint density at radius 3 is 2.62 bits per heavy atom. The minimum atomic E-state index is 0.00975. The molecule has 1 N–H and O–H groups in total. The molecule has 2 aromatic rings. The van der Waals surface area contributed by atoms with E-state index in [-0.39, 0.29) is 5.91 Å². The molecule has 6 nitrogen and oxygen atoms in total. The molecule has 1 saturated heterocycles. The summed E-state index contributed by atoms with van der Waals surface area (Å²) in [5.41, 5.74) is 3.15. The summed E-state index contributed by atoms with van der Waals surface area (Å²) in [6.45, 7) is 5.15. The number of benzene rings is 1. The molecule has 7 heteroatoms. The molecule has 1 fully saturated rings. The number of amides is 1. The smallest absolute Gasteiger partial charge is 0.244 e. The minimum Gasteiger partial charge on any atom is -0.369 e. The molecule has 1 aromatic carbocycles. The van der Waals surface area contributed by atoms with Crippen molar-refractivity contribution in [3.8, 4) is 0 Å². The maximum absolute atomic E-state index is 11.7. The Labute approximate surface area is 158 Å². The predicted octanol–water partition coefficient (Wildman–Crippen LogP) is 2.45. The van der Waals surface area contributed by atoms with Gasteiger partial charge in [-0.2, -0.15) is 0 Å². The van der Waals surface area contributed by atoms with E-state index in [1.807, 2.05) is 36.3 Å². The fraction of sp³-hybridized carbons (Fsp3) is 0.368. The van der Waals surface area contributed by atoms with Crippen molar-refractivity contribution in [1.29, 1.82) is 0 Å². The summed E-state index contributed by atoms with van der Waals surface area (Å²) in [7, 11) is 1.89. The topological polar surface area (TPSA) is 51.7 Å². The Morgan fingerprint density at radius 2 is 1.88 bits per heavy atom. The molecule has 2 aliphatic rings. The number of likely N-dealkylation sites (N-methyl/N-ethyl adjacent to an activating group) is 1. The summed E-state index contributed by atoms with van der Waals surface area (Å²) >= 11 is 5.97. The van der Waals surface area contributed by atoms with Gasteiger partial charge in [0, 0.05) is 56.7 Å². The average Bonchev–Trinajstić information content (AvgIpc) is 2.63. The fourth-order valence-electron chi connectivity index (χ4n) is 3.54. The maximum atomic E-state index is 11.7. The number of nitrogens with one attached hydrogen (secondary N) is 1. The molecule has 136 valence electrons. The third kappa shape index (κ3) is 3.61. The van der Waals surface area contributed by atoms with Gasteiger partial charge in [0.25, 0.3) is 0 Å². The second-order valence-electron chi connectivity index (χ2n) is 6.86. The minimum absolute atomic E-state index is 0.00975. The monoisotopic (exact) mass is 371 g/mol. The van der Waals surface area contributed by atoms with Crippen molar-refractivity contribution in [3.63, 3.8) is 0 Å². The van der Waals surface area contributed by atoms with Gasteiger partial charge in [0.1, 0.15) is 0 Å². The second kappa shape index (κ2) is 7.13. The molecular weight excluding hydrogens is 350 g/mol. The summed E-state index contributed by atoms with van der Waals surface area (Å²) in [5.74, 6) is 0.844. The van der Waals surface area contributed by atoms with Gasteiger partial charge in [-0.1, -0.05) is 11.6 Å². The van der Waals surface area contributed by atoms with Gasteiger partial charge in [0.2, 0.25) is 5.91 Å². The van der Waals surface area contributed by atoms with Crippen molar-refractivity contribution in [1.82, 2.24) is 9.88 Å². The Bertz CT molecular complexity index is 802. The van der Waals surface area contributed by atoms with E-state index in [2.05, 4.69) is 32.2 Å². The molecule has 26 heavy (non-hydrogen) atoms.